The lowest BCUT2D eigenvalue weighted by molar-refractivity contribution is 0.201. The molecular weight excluding hydrogens is 267 g/mol. The topological polar surface area (TPSA) is 95.1 Å². The van der Waals surface area contributed by atoms with Crippen molar-refractivity contribution in [2.75, 3.05) is 0 Å². The Morgan fingerprint density at radius 1 is 1.47 bits per heavy atom. The number of imidazole rings is 1. The molecule has 2 aromatic rings. The molecule has 6 nitrogen and oxygen atoms in total. The van der Waals surface area contributed by atoms with Crippen LogP contribution in [0.25, 0.3) is 5.65 Å². The first-order valence-corrected chi connectivity index (χ1v) is 6.79. The van der Waals surface area contributed by atoms with Crippen molar-refractivity contribution in [3.05, 3.63) is 35.2 Å². The fraction of sp³-hybridized carbons (Fsp3) is 0.222. The molecule has 0 bridgehead atoms. The molecule has 92 valence electrons. The Bertz CT molecular complexity index is 594. The third kappa shape index (κ3) is 2.51. The van der Waals surface area contributed by atoms with Crippen molar-refractivity contribution >= 4 is 24.8 Å². The van der Waals surface area contributed by atoms with Crippen molar-refractivity contribution in [1.82, 2.24) is 9.38 Å². The molecule has 0 aliphatic rings. The van der Waals surface area contributed by atoms with E-state index in [0.29, 0.717) is 16.4 Å². The monoisotopic (exact) mass is 276 g/mol. The highest BCUT2D eigenvalue weighted by Gasteiger charge is 2.28. The normalized spacial score (nSPS) is 14.1. The molecule has 0 aliphatic heterocycles. The van der Waals surface area contributed by atoms with Gasteiger partial charge >= 0.3 is 7.60 Å². The van der Waals surface area contributed by atoms with Crippen LogP contribution in [0.2, 0.25) is 5.02 Å². The Hall–Kier alpha value is -0.910. The molecule has 3 N–H and O–H groups in total. The Morgan fingerprint density at radius 2 is 2.18 bits per heavy atom. The summed E-state index contributed by atoms with van der Waals surface area (Å²) in [5, 5.41) is 9.73. The number of hydrogen-bond donors (Lipinski definition) is 3. The lowest BCUT2D eigenvalue weighted by Gasteiger charge is -2.14. The number of halogens is 1. The van der Waals surface area contributed by atoms with Crippen LogP contribution in [-0.2, 0) is 11.0 Å². The zero-order valence-corrected chi connectivity index (χ0v) is 10.2. The molecule has 1 atom stereocenters. The van der Waals surface area contributed by atoms with E-state index in [0.717, 1.165) is 0 Å². The summed E-state index contributed by atoms with van der Waals surface area (Å²) in [6.45, 7) is 0. The second-order valence-corrected chi connectivity index (χ2v) is 5.74. The predicted molar refractivity (Wildman–Crippen MR) is 62.0 cm³/mol. The van der Waals surface area contributed by atoms with Gasteiger partial charge in [-0.3, -0.25) is 4.57 Å². The number of aliphatic hydroxyl groups excluding tert-OH is 1. The van der Waals surface area contributed by atoms with Crippen molar-refractivity contribution < 1.29 is 19.5 Å². The number of rotatable bonds is 3. The van der Waals surface area contributed by atoms with E-state index in [1.54, 1.807) is 28.9 Å². The number of nitrogens with zero attached hydrogens (tertiary/aromatic N) is 2. The highest BCUT2D eigenvalue weighted by atomic mass is 35.5. The molecule has 2 aromatic heterocycles. The number of aromatic nitrogens is 2. The minimum atomic E-state index is -4.54. The summed E-state index contributed by atoms with van der Waals surface area (Å²) in [7, 11) is -4.54. The molecule has 0 aromatic carbocycles. The van der Waals surface area contributed by atoms with Gasteiger partial charge in [0.2, 0.25) is 0 Å². The Balaban J connectivity index is 2.44. The van der Waals surface area contributed by atoms with Gasteiger partial charge in [0, 0.05) is 24.5 Å². The quantitative estimate of drug-likeness (QED) is 0.728. The van der Waals surface area contributed by atoms with Crippen LogP contribution in [-0.4, -0.2) is 30.1 Å². The van der Waals surface area contributed by atoms with Gasteiger partial charge in [0.15, 0.2) is 5.85 Å². The van der Waals surface area contributed by atoms with Gasteiger partial charge in [-0.15, -0.1) is 0 Å². The van der Waals surface area contributed by atoms with E-state index in [9.17, 15) is 9.67 Å². The molecule has 2 heterocycles. The van der Waals surface area contributed by atoms with Crippen molar-refractivity contribution in [1.29, 1.82) is 0 Å². The van der Waals surface area contributed by atoms with Gasteiger partial charge in [0.1, 0.15) is 5.65 Å². The van der Waals surface area contributed by atoms with E-state index in [4.69, 9.17) is 21.4 Å². The number of pyridine rings is 1. The molecule has 0 radical (unpaired) electrons. The van der Waals surface area contributed by atoms with Crippen LogP contribution in [0, 0.1) is 0 Å². The fourth-order valence-electron chi connectivity index (χ4n) is 1.51. The van der Waals surface area contributed by atoms with Crippen molar-refractivity contribution in [3.8, 4) is 0 Å². The standard InChI is InChI=1S/C9H10ClN2O4P/c10-6-1-2-8-11-3-4-12(8)7(6)5-9(13)17(14,15)16/h1-4,9,13H,5H2,(H2,14,15,16). The van der Waals surface area contributed by atoms with E-state index in [-0.39, 0.29) is 6.42 Å². The summed E-state index contributed by atoms with van der Waals surface area (Å²) in [6, 6.07) is 3.25. The van der Waals surface area contributed by atoms with Crippen molar-refractivity contribution in [2.45, 2.75) is 12.3 Å². The van der Waals surface area contributed by atoms with Gasteiger partial charge in [-0.25, -0.2) is 4.98 Å². The smallest absolute Gasteiger partial charge is 0.354 e. The molecule has 0 saturated carbocycles. The first kappa shape index (κ1) is 12.5. The van der Waals surface area contributed by atoms with Crippen LogP contribution in [0.1, 0.15) is 5.69 Å². The van der Waals surface area contributed by atoms with Gasteiger partial charge in [-0.1, -0.05) is 11.6 Å². The first-order valence-electron chi connectivity index (χ1n) is 4.73. The maximum absolute atomic E-state index is 10.9. The number of hydrogen-bond acceptors (Lipinski definition) is 3. The minimum Gasteiger partial charge on any atom is -0.380 e. The SMILES string of the molecule is O=P(O)(O)C(O)Cc1c(Cl)ccc2nccn12. The van der Waals surface area contributed by atoms with Crippen LogP contribution in [0.15, 0.2) is 24.5 Å². The molecule has 0 aliphatic carbocycles. The first-order chi connectivity index (χ1) is 7.89. The van der Waals surface area contributed by atoms with Crippen LogP contribution in [0.4, 0.5) is 0 Å². The molecule has 0 fully saturated rings. The second kappa shape index (κ2) is 4.40. The zero-order valence-electron chi connectivity index (χ0n) is 8.56. The molecule has 0 spiro atoms. The number of aliphatic hydroxyl groups is 1. The largest absolute Gasteiger partial charge is 0.380 e. The summed E-state index contributed by atoms with van der Waals surface area (Å²) >= 11 is 5.94. The van der Waals surface area contributed by atoms with Crippen LogP contribution >= 0.6 is 19.2 Å². The van der Waals surface area contributed by atoms with Gasteiger partial charge in [-0.2, -0.15) is 0 Å². The van der Waals surface area contributed by atoms with Crippen LogP contribution in [0.5, 0.6) is 0 Å². The van der Waals surface area contributed by atoms with Gasteiger partial charge in [-0.05, 0) is 12.1 Å². The molecule has 8 heteroatoms. The summed E-state index contributed by atoms with van der Waals surface area (Å²) < 4.78 is 12.5. The van der Waals surface area contributed by atoms with E-state index in [1.165, 1.54) is 0 Å². The minimum absolute atomic E-state index is 0.239. The van der Waals surface area contributed by atoms with E-state index >= 15 is 0 Å². The molecule has 0 saturated heterocycles. The maximum atomic E-state index is 10.9. The number of fused-ring (bicyclic) bond motifs is 1. The highest BCUT2D eigenvalue weighted by molar-refractivity contribution is 7.52. The Labute approximate surface area is 102 Å². The van der Waals surface area contributed by atoms with E-state index in [1.807, 2.05) is 0 Å². The fourth-order valence-corrected chi connectivity index (χ4v) is 2.16. The molecule has 17 heavy (non-hydrogen) atoms. The lowest BCUT2D eigenvalue weighted by Crippen LogP contribution is -2.13. The molecule has 1 unspecified atom stereocenters. The van der Waals surface area contributed by atoms with Crippen molar-refractivity contribution in [3.63, 3.8) is 0 Å². The molecular formula is C9H10ClN2O4P. The van der Waals surface area contributed by atoms with E-state index in [2.05, 4.69) is 4.98 Å². The average molecular weight is 277 g/mol. The summed E-state index contributed by atoms with van der Waals surface area (Å²) in [4.78, 5) is 21.7. The van der Waals surface area contributed by atoms with Gasteiger partial charge in [0.25, 0.3) is 0 Å². The average Bonchev–Trinajstić information content (AvgIpc) is 2.68. The summed E-state index contributed by atoms with van der Waals surface area (Å²) in [6.07, 6.45) is 2.92. The molecule has 2 rings (SSSR count). The van der Waals surface area contributed by atoms with E-state index < -0.39 is 13.4 Å². The Kier molecular flexibility index (Phi) is 3.25. The van der Waals surface area contributed by atoms with Crippen molar-refractivity contribution in [2.24, 2.45) is 0 Å². The summed E-state index contributed by atoms with van der Waals surface area (Å²) in [5.41, 5.74) is 1.01. The van der Waals surface area contributed by atoms with Gasteiger partial charge < -0.3 is 19.3 Å². The predicted octanol–water partition coefficient (Wildman–Crippen LogP) is 1.03. The highest BCUT2D eigenvalue weighted by Crippen LogP contribution is 2.41. The Morgan fingerprint density at radius 3 is 2.82 bits per heavy atom. The maximum Gasteiger partial charge on any atom is 0.354 e. The van der Waals surface area contributed by atoms with Crippen LogP contribution in [0.3, 0.4) is 0 Å². The third-order valence-electron chi connectivity index (χ3n) is 2.38. The molecule has 0 amide bonds. The summed E-state index contributed by atoms with van der Waals surface area (Å²) in [5.74, 6) is -1.77. The lowest BCUT2D eigenvalue weighted by atomic mass is 10.2. The van der Waals surface area contributed by atoms with Gasteiger partial charge in [0.05, 0.1) is 5.02 Å². The second-order valence-electron chi connectivity index (χ2n) is 3.56. The third-order valence-corrected chi connectivity index (χ3v) is 3.68. The van der Waals surface area contributed by atoms with Crippen LogP contribution < -0.4 is 0 Å². The zero-order chi connectivity index (χ0) is 12.6.